The average molecular weight is 659 g/mol. The average Bonchev–Trinajstić information content (AvgIpc) is 3.85. The van der Waals surface area contributed by atoms with Crippen molar-refractivity contribution in [2.45, 2.75) is 17.4 Å². The molecule has 9 nitrogen and oxygen atoms in total. The van der Waals surface area contributed by atoms with Gasteiger partial charge in [0.25, 0.3) is 10.0 Å². The highest BCUT2D eigenvalue weighted by Gasteiger charge is 2.33. The number of hydrogen-bond acceptors (Lipinski definition) is 8. The first-order valence-electron chi connectivity index (χ1n) is 13.5. The summed E-state index contributed by atoms with van der Waals surface area (Å²) in [5, 5.41) is 14.1. The molecule has 0 spiro atoms. The van der Waals surface area contributed by atoms with Crippen molar-refractivity contribution in [1.29, 1.82) is 0 Å². The van der Waals surface area contributed by atoms with E-state index >= 15 is 0 Å². The third-order valence-corrected chi connectivity index (χ3v) is 10.7. The van der Waals surface area contributed by atoms with E-state index in [0.29, 0.717) is 17.1 Å². The van der Waals surface area contributed by atoms with E-state index in [1.807, 2.05) is 69.9 Å². The van der Waals surface area contributed by atoms with Gasteiger partial charge in [0.15, 0.2) is 5.17 Å². The fourth-order valence-corrected chi connectivity index (χ4v) is 7.97. The number of para-hydroxylation sites is 1. The number of thiophene rings is 1. The number of anilines is 2. The summed E-state index contributed by atoms with van der Waals surface area (Å²) in [7, 11) is -4.11. The molecule has 0 N–H and O–H groups in total. The Balaban J connectivity index is 1.18. The van der Waals surface area contributed by atoms with Gasteiger partial charge < -0.3 is 0 Å². The lowest BCUT2D eigenvalue weighted by atomic mass is 10.0. The van der Waals surface area contributed by atoms with E-state index in [9.17, 15) is 13.2 Å². The number of aromatic nitrogens is 2. The molecule has 2 aromatic heterocycles. The maximum Gasteiger partial charge on any atom is 0.284 e. The normalized spacial score (nSPS) is 17.9. The van der Waals surface area contributed by atoms with Gasteiger partial charge in [-0.3, -0.25) is 14.7 Å². The molecule has 44 heavy (non-hydrogen) atoms. The van der Waals surface area contributed by atoms with Gasteiger partial charge in [0, 0.05) is 23.2 Å². The predicted molar refractivity (Wildman–Crippen MR) is 177 cm³/mol. The molecule has 0 aliphatic carbocycles. The van der Waals surface area contributed by atoms with Crippen LogP contribution >= 0.6 is 34.7 Å². The Bertz CT molecular complexity index is 1990. The Kier molecular flexibility index (Phi) is 7.58. The van der Waals surface area contributed by atoms with Crippen LogP contribution in [-0.4, -0.2) is 40.7 Å². The van der Waals surface area contributed by atoms with E-state index in [-0.39, 0.29) is 27.8 Å². The molecule has 1 saturated heterocycles. The van der Waals surface area contributed by atoms with E-state index < -0.39 is 10.0 Å². The van der Waals surface area contributed by atoms with Crippen molar-refractivity contribution in [3.63, 3.8) is 0 Å². The molecule has 4 heterocycles. The number of hydrazone groups is 1. The van der Waals surface area contributed by atoms with Crippen LogP contribution in [0.25, 0.3) is 5.69 Å². The van der Waals surface area contributed by atoms with Crippen LogP contribution in [0.3, 0.4) is 0 Å². The van der Waals surface area contributed by atoms with Gasteiger partial charge in [0.05, 0.1) is 50.5 Å². The first-order chi connectivity index (χ1) is 21.4. The number of sulfonamides is 1. The van der Waals surface area contributed by atoms with Crippen molar-refractivity contribution in [3.05, 3.63) is 124 Å². The van der Waals surface area contributed by atoms with E-state index in [1.165, 1.54) is 17.0 Å². The molecule has 13 heteroatoms. The summed E-state index contributed by atoms with van der Waals surface area (Å²) in [6, 6.07) is 26.9. The van der Waals surface area contributed by atoms with Crippen LogP contribution in [0.15, 0.2) is 123 Å². The highest BCUT2D eigenvalue weighted by molar-refractivity contribution is 8.16. The summed E-state index contributed by atoms with van der Waals surface area (Å²) >= 11 is 8.70. The van der Waals surface area contributed by atoms with Gasteiger partial charge in [0.1, 0.15) is 0 Å². The van der Waals surface area contributed by atoms with Crippen LogP contribution in [-0.2, 0) is 14.8 Å². The summed E-state index contributed by atoms with van der Waals surface area (Å²) < 4.78 is 32.6. The highest BCUT2D eigenvalue weighted by atomic mass is 35.5. The standard InChI is InChI=1S/C31H23ClN6O3S3/c32-22-8-10-24(11-9-22)37-30(39)20-43-31(37)35-44(40,41)26-14-12-25(13-15-26)38-28(17-27(34-38)29-7-4-16-42-29)21-18-33-36(19-21)23-5-2-1-3-6-23/h1-16,18-19,28H,17,20H2/b35-31+. The minimum Gasteiger partial charge on any atom is -0.273 e. The molecule has 0 bridgehead atoms. The van der Waals surface area contributed by atoms with Gasteiger partial charge in [0.2, 0.25) is 5.91 Å². The first kappa shape index (κ1) is 28.5. The molecule has 1 atom stereocenters. The molecule has 220 valence electrons. The molecule has 2 aliphatic rings. The lowest BCUT2D eigenvalue weighted by Gasteiger charge is -2.22. The molecule has 7 rings (SSSR count). The van der Waals surface area contributed by atoms with Crippen LogP contribution in [0.1, 0.15) is 22.9 Å². The van der Waals surface area contributed by atoms with E-state index in [0.717, 1.165) is 39.3 Å². The second-order valence-electron chi connectivity index (χ2n) is 9.98. The third kappa shape index (κ3) is 5.57. The summed E-state index contributed by atoms with van der Waals surface area (Å²) in [6.45, 7) is 0. The monoisotopic (exact) mass is 658 g/mol. The molecular weight excluding hydrogens is 636 g/mol. The molecule has 0 radical (unpaired) electrons. The van der Waals surface area contributed by atoms with Crippen molar-refractivity contribution in [1.82, 2.24) is 9.78 Å². The molecule has 1 unspecified atom stereocenters. The second kappa shape index (κ2) is 11.7. The van der Waals surface area contributed by atoms with Crippen molar-refractivity contribution in [3.8, 4) is 5.69 Å². The largest absolute Gasteiger partial charge is 0.284 e. The summed E-state index contributed by atoms with van der Waals surface area (Å²) in [4.78, 5) is 15.0. The van der Waals surface area contributed by atoms with E-state index in [2.05, 4.69) is 9.50 Å². The SMILES string of the molecule is O=C1CS/C(=N/S(=O)(=O)c2ccc(N3N=C(c4cccs4)CC3c3cnn(-c4ccccc4)c3)cc2)N1c1ccc(Cl)cc1. The van der Waals surface area contributed by atoms with Gasteiger partial charge in [-0.05, 0) is 72.1 Å². The zero-order valence-corrected chi connectivity index (χ0v) is 26.1. The number of amides is 1. The number of amidine groups is 1. The predicted octanol–water partition coefficient (Wildman–Crippen LogP) is 6.77. The van der Waals surface area contributed by atoms with Gasteiger partial charge in [-0.1, -0.05) is 47.6 Å². The molecule has 3 aromatic carbocycles. The number of thioether (sulfide) groups is 1. The van der Waals surface area contributed by atoms with Crippen LogP contribution in [0.4, 0.5) is 11.4 Å². The quantitative estimate of drug-likeness (QED) is 0.191. The zero-order valence-electron chi connectivity index (χ0n) is 22.9. The molecule has 5 aromatic rings. The number of hydrogen-bond donors (Lipinski definition) is 0. The molecule has 2 aliphatic heterocycles. The Morgan fingerprint density at radius 1 is 0.886 bits per heavy atom. The summed E-state index contributed by atoms with van der Waals surface area (Å²) in [6.07, 6.45) is 4.52. The first-order valence-corrected chi connectivity index (χ1v) is 17.2. The fraction of sp³-hybridized carbons (Fsp3) is 0.0968. The minimum absolute atomic E-state index is 0.0138. The highest BCUT2D eigenvalue weighted by Crippen LogP contribution is 2.38. The number of carbonyl (C=O) groups excluding carboxylic acids is 1. The lowest BCUT2D eigenvalue weighted by molar-refractivity contribution is -0.115. The van der Waals surface area contributed by atoms with Crippen LogP contribution in [0.2, 0.25) is 5.02 Å². The second-order valence-corrected chi connectivity index (χ2v) is 13.9. The minimum atomic E-state index is -4.11. The zero-order chi connectivity index (χ0) is 30.3. The van der Waals surface area contributed by atoms with E-state index in [1.54, 1.807) is 47.7 Å². The van der Waals surface area contributed by atoms with Crippen LogP contribution in [0.5, 0.6) is 0 Å². The molecule has 0 saturated carbocycles. The smallest absolute Gasteiger partial charge is 0.273 e. The Morgan fingerprint density at radius 3 is 2.36 bits per heavy atom. The Labute approximate surface area is 267 Å². The van der Waals surface area contributed by atoms with Crippen molar-refractivity contribution in [2.75, 3.05) is 15.7 Å². The van der Waals surface area contributed by atoms with Gasteiger partial charge >= 0.3 is 0 Å². The number of benzene rings is 3. The molecule has 1 amide bonds. The lowest BCUT2D eigenvalue weighted by Crippen LogP contribution is -2.29. The Hall–Kier alpha value is -4.23. The van der Waals surface area contributed by atoms with Crippen molar-refractivity contribution in [2.24, 2.45) is 9.50 Å². The fourth-order valence-electron chi connectivity index (χ4n) is 5.03. The van der Waals surface area contributed by atoms with Crippen molar-refractivity contribution >= 4 is 72.9 Å². The number of halogens is 1. The summed E-state index contributed by atoms with van der Waals surface area (Å²) in [5.74, 6) is -0.158. The molecule has 1 fully saturated rings. The number of rotatable bonds is 7. The van der Waals surface area contributed by atoms with Crippen LogP contribution < -0.4 is 9.91 Å². The van der Waals surface area contributed by atoms with Gasteiger partial charge in [-0.15, -0.1) is 15.7 Å². The third-order valence-electron chi connectivity index (χ3n) is 7.17. The maximum atomic E-state index is 13.4. The molecular formula is C31H23ClN6O3S3. The maximum absolute atomic E-state index is 13.4. The van der Waals surface area contributed by atoms with Gasteiger partial charge in [-0.25, -0.2) is 4.68 Å². The number of nitrogens with zero attached hydrogens (tertiary/aromatic N) is 6. The Morgan fingerprint density at radius 2 is 1.64 bits per heavy atom. The summed E-state index contributed by atoms with van der Waals surface area (Å²) in [5.41, 5.74) is 4.12. The van der Waals surface area contributed by atoms with Crippen LogP contribution in [0, 0.1) is 0 Å². The van der Waals surface area contributed by atoms with Gasteiger partial charge in [-0.2, -0.15) is 18.6 Å². The van der Waals surface area contributed by atoms with Crippen molar-refractivity contribution < 1.29 is 13.2 Å². The van der Waals surface area contributed by atoms with E-state index in [4.69, 9.17) is 16.7 Å². The topological polar surface area (TPSA) is 100 Å². The number of carbonyl (C=O) groups is 1.